The number of nitrogens with one attached hydrogen (secondary N) is 1. The highest BCUT2D eigenvalue weighted by molar-refractivity contribution is 6.36. The third-order valence-corrected chi connectivity index (χ3v) is 4.47. The molecule has 1 N–H and O–H groups in total. The predicted octanol–water partition coefficient (Wildman–Crippen LogP) is 5.70. The van der Waals surface area contributed by atoms with Crippen LogP contribution in [0.25, 0.3) is 16.8 Å². The topological polar surface area (TPSA) is 62.1 Å². The molecule has 0 bridgehead atoms. The molecular formula is C21H14Cl2N2O2. The molecular weight excluding hydrogens is 383 g/mol. The predicted molar refractivity (Wildman–Crippen MR) is 109 cm³/mol. The summed E-state index contributed by atoms with van der Waals surface area (Å²) < 4.78 is 5.21. The number of hydrogen-bond acceptors (Lipinski definition) is 3. The molecule has 27 heavy (non-hydrogen) atoms. The van der Waals surface area contributed by atoms with Crippen molar-refractivity contribution in [2.24, 2.45) is 0 Å². The minimum atomic E-state index is -0.545. The van der Waals surface area contributed by atoms with Crippen LogP contribution >= 0.6 is 23.2 Å². The number of carbonyl (C=O) groups excluding carboxylic acids is 1. The Hall–Kier alpha value is -3.00. The van der Waals surface area contributed by atoms with Crippen molar-refractivity contribution in [2.75, 3.05) is 12.4 Å². The van der Waals surface area contributed by atoms with Gasteiger partial charge in [-0.2, -0.15) is 5.26 Å². The molecule has 0 heterocycles. The van der Waals surface area contributed by atoms with Gasteiger partial charge in [0.05, 0.1) is 17.8 Å². The smallest absolute Gasteiger partial charge is 0.266 e. The molecule has 3 rings (SSSR count). The van der Waals surface area contributed by atoms with Crippen LogP contribution in [0.3, 0.4) is 0 Å². The first-order valence-electron chi connectivity index (χ1n) is 7.96. The van der Waals surface area contributed by atoms with E-state index in [2.05, 4.69) is 5.32 Å². The van der Waals surface area contributed by atoms with Gasteiger partial charge in [-0.1, -0.05) is 41.4 Å². The maximum atomic E-state index is 12.4. The first-order valence-corrected chi connectivity index (χ1v) is 8.72. The molecule has 4 nitrogen and oxygen atoms in total. The third kappa shape index (κ3) is 4.40. The van der Waals surface area contributed by atoms with Gasteiger partial charge in [-0.3, -0.25) is 4.79 Å². The molecule has 0 radical (unpaired) electrons. The number of methoxy groups -OCH3 is 1. The second-order valence-electron chi connectivity index (χ2n) is 5.72. The molecule has 0 unspecified atom stereocenters. The highest BCUT2D eigenvalue weighted by Gasteiger charge is 2.12. The Labute approximate surface area is 166 Å². The van der Waals surface area contributed by atoms with E-state index in [0.717, 1.165) is 22.1 Å². The first kappa shape index (κ1) is 18.8. The van der Waals surface area contributed by atoms with Gasteiger partial charge < -0.3 is 10.1 Å². The van der Waals surface area contributed by atoms with E-state index in [9.17, 15) is 10.1 Å². The van der Waals surface area contributed by atoms with Crippen molar-refractivity contribution in [2.45, 2.75) is 0 Å². The Morgan fingerprint density at radius 3 is 2.52 bits per heavy atom. The third-order valence-electron chi connectivity index (χ3n) is 3.93. The molecule has 0 aromatic heterocycles. The van der Waals surface area contributed by atoms with E-state index in [4.69, 9.17) is 27.9 Å². The van der Waals surface area contributed by atoms with Gasteiger partial charge in [0, 0.05) is 5.02 Å². The van der Waals surface area contributed by atoms with Crippen LogP contribution in [0.2, 0.25) is 10.0 Å². The van der Waals surface area contributed by atoms with Gasteiger partial charge in [0.15, 0.2) is 0 Å². The second-order valence-corrected chi connectivity index (χ2v) is 6.56. The first-order chi connectivity index (χ1) is 13.0. The number of fused-ring (bicyclic) bond motifs is 1. The summed E-state index contributed by atoms with van der Waals surface area (Å²) in [6.07, 6.45) is 1.53. The highest BCUT2D eigenvalue weighted by Crippen LogP contribution is 2.26. The number of nitrogens with zero attached hydrogens (tertiary/aromatic N) is 1. The van der Waals surface area contributed by atoms with E-state index < -0.39 is 5.91 Å². The second kappa shape index (κ2) is 8.13. The summed E-state index contributed by atoms with van der Waals surface area (Å²) in [4.78, 5) is 12.4. The molecule has 134 valence electrons. The molecule has 0 aliphatic rings. The van der Waals surface area contributed by atoms with Crippen molar-refractivity contribution in [3.8, 4) is 11.8 Å². The zero-order valence-electron chi connectivity index (χ0n) is 14.3. The van der Waals surface area contributed by atoms with Crippen molar-refractivity contribution in [3.63, 3.8) is 0 Å². The minimum Gasteiger partial charge on any atom is -0.497 e. The summed E-state index contributed by atoms with van der Waals surface area (Å²) >= 11 is 11.9. The highest BCUT2D eigenvalue weighted by atomic mass is 35.5. The normalized spacial score (nSPS) is 11.1. The van der Waals surface area contributed by atoms with E-state index in [0.29, 0.717) is 15.7 Å². The van der Waals surface area contributed by atoms with Gasteiger partial charge >= 0.3 is 0 Å². The lowest BCUT2D eigenvalue weighted by atomic mass is 10.0. The molecule has 0 atom stereocenters. The molecule has 0 saturated heterocycles. The van der Waals surface area contributed by atoms with Gasteiger partial charge in [0.2, 0.25) is 0 Å². The van der Waals surface area contributed by atoms with Crippen LogP contribution in [0.4, 0.5) is 5.69 Å². The Morgan fingerprint density at radius 2 is 1.81 bits per heavy atom. The van der Waals surface area contributed by atoms with Crippen LogP contribution in [0.15, 0.2) is 60.2 Å². The lowest BCUT2D eigenvalue weighted by Gasteiger charge is -2.07. The number of amides is 1. The number of anilines is 1. The molecule has 0 fully saturated rings. The lowest BCUT2D eigenvalue weighted by molar-refractivity contribution is -0.112. The fraction of sp³-hybridized carbons (Fsp3) is 0.0476. The monoisotopic (exact) mass is 396 g/mol. The fourth-order valence-corrected chi connectivity index (χ4v) is 3.01. The van der Waals surface area contributed by atoms with Crippen molar-refractivity contribution in [1.29, 1.82) is 5.26 Å². The number of hydrogen-bond donors (Lipinski definition) is 1. The number of rotatable bonds is 4. The van der Waals surface area contributed by atoms with E-state index >= 15 is 0 Å². The van der Waals surface area contributed by atoms with Crippen molar-refractivity contribution >= 4 is 51.6 Å². The van der Waals surface area contributed by atoms with Crippen molar-refractivity contribution in [1.82, 2.24) is 0 Å². The minimum absolute atomic E-state index is 0.0334. The Morgan fingerprint density at radius 1 is 1.07 bits per heavy atom. The number of benzene rings is 3. The number of halogens is 2. The van der Waals surface area contributed by atoms with Crippen LogP contribution in [0, 0.1) is 11.3 Å². The largest absolute Gasteiger partial charge is 0.497 e. The summed E-state index contributed by atoms with van der Waals surface area (Å²) in [5, 5.41) is 14.7. The van der Waals surface area contributed by atoms with Gasteiger partial charge in [-0.05, 0) is 58.8 Å². The van der Waals surface area contributed by atoms with Crippen LogP contribution in [-0.4, -0.2) is 13.0 Å². The average molecular weight is 397 g/mol. The van der Waals surface area contributed by atoms with Gasteiger partial charge in [-0.25, -0.2) is 0 Å². The average Bonchev–Trinajstić information content (AvgIpc) is 2.67. The van der Waals surface area contributed by atoms with Crippen LogP contribution in [0.5, 0.6) is 5.75 Å². The number of carbonyl (C=O) groups is 1. The molecule has 0 saturated carbocycles. The number of nitriles is 1. The fourth-order valence-electron chi connectivity index (χ4n) is 2.55. The van der Waals surface area contributed by atoms with Crippen LogP contribution in [-0.2, 0) is 4.79 Å². The van der Waals surface area contributed by atoms with Crippen molar-refractivity contribution < 1.29 is 9.53 Å². The molecule has 1 amide bonds. The molecule has 6 heteroatoms. The Bertz CT molecular complexity index is 1100. The maximum absolute atomic E-state index is 12.4. The van der Waals surface area contributed by atoms with Gasteiger partial charge in [0.25, 0.3) is 5.91 Å². The summed E-state index contributed by atoms with van der Waals surface area (Å²) in [5.74, 6) is 0.222. The van der Waals surface area contributed by atoms with E-state index in [1.807, 2.05) is 42.5 Å². The molecule has 3 aromatic rings. The van der Waals surface area contributed by atoms with Gasteiger partial charge in [-0.15, -0.1) is 0 Å². The van der Waals surface area contributed by atoms with E-state index in [-0.39, 0.29) is 5.57 Å². The van der Waals surface area contributed by atoms with Gasteiger partial charge in [0.1, 0.15) is 17.4 Å². The lowest BCUT2D eigenvalue weighted by Crippen LogP contribution is -2.13. The number of ether oxygens (including phenoxy) is 1. The van der Waals surface area contributed by atoms with E-state index in [1.54, 1.807) is 19.2 Å². The molecule has 0 aliphatic carbocycles. The maximum Gasteiger partial charge on any atom is 0.266 e. The van der Waals surface area contributed by atoms with Crippen molar-refractivity contribution in [3.05, 3.63) is 75.8 Å². The van der Waals surface area contributed by atoms with E-state index in [1.165, 1.54) is 12.1 Å². The molecule has 0 aliphatic heterocycles. The standard InChI is InChI=1S/C21H14Cl2N2O2/c1-27-18-6-4-14-8-13(2-3-15(14)10-18)9-16(12-24)21(26)25-20-7-5-17(22)11-19(20)23/h2-11H,1H3,(H,25,26)/b16-9+. The van der Waals surface area contributed by atoms with Crippen LogP contribution < -0.4 is 10.1 Å². The summed E-state index contributed by atoms with van der Waals surface area (Å²) in [6, 6.07) is 18.0. The Balaban J connectivity index is 1.88. The summed E-state index contributed by atoms with van der Waals surface area (Å²) in [6.45, 7) is 0. The van der Waals surface area contributed by atoms with Crippen LogP contribution in [0.1, 0.15) is 5.56 Å². The summed E-state index contributed by atoms with van der Waals surface area (Å²) in [7, 11) is 1.61. The quantitative estimate of drug-likeness (QED) is 0.454. The zero-order chi connectivity index (χ0) is 19.4. The zero-order valence-corrected chi connectivity index (χ0v) is 15.8. The molecule has 3 aromatic carbocycles. The SMILES string of the molecule is COc1ccc2cc(/C=C(\C#N)C(=O)Nc3ccc(Cl)cc3Cl)ccc2c1. The summed E-state index contributed by atoms with van der Waals surface area (Å²) in [5.41, 5.74) is 1.09. The molecule has 0 spiro atoms. The Kier molecular flexibility index (Phi) is 5.66.